The second-order valence-electron chi connectivity index (χ2n) is 5.52. The van der Waals surface area contributed by atoms with Crippen LogP contribution in [0.3, 0.4) is 0 Å². The summed E-state index contributed by atoms with van der Waals surface area (Å²) in [5.74, 6) is -0.338. The van der Waals surface area contributed by atoms with Gasteiger partial charge in [0.05, 0.1) is 6.61 Å². The highest BCUT2D eigenvalue weighted by molar-refractivity contribution is 6.36. The maximum atomic E-state index is 11.9. The van der Waals surface area contributed by atoms with Crippen LogP contribution in [0.5, 0.6) is 0 Å². The van der Waals surface area contributed by atoms with Gasteiger partial charge in [-0.3, -0.25) is 0 Å². The summed E-state index contributed by atoms with van der Waals surface area (Å²) in [5, 5.41) is 0. The van der Waals surface area contributed by atoms with Crippen molar-refractivity contribution >= 4 is 15.5 Å². The van der Waals surface area contributed by atoms with E-state index in [-0.39, 0.29) is 15.5 Å². The standard InChI is InChI=1S/C17H30F2O2Si/c1-2-16(20)21-14-12-10-8-6-4-3-5-7-9-11-13-15-22-17(18)19/h2,17H,1,3-15H2. The summed E-state index contributed by atoms with van der Waals surface area (Å²) in [4.78, 5) is 10.8. The number of unbranched alkanes of at least 4 members (excludes halogenated alkanes) is 10. The molecule has 0 spiro atoms. The van der Waals surface area contributed by atoms with Crippen LogP contribution < -0.4 is 0 Å². The molecule has 2 radical (unpaired) electrons. The van der Waals surface area contributed by atoms with Crippen LogP contribution in [0.2, 0.25) is 6.04 Å². The highest BCUT2D eigenvalue weighted by Crippen LogP contribution is 2.12. The normalized spacial score (nSPS) is 10.9. The summed E-state index contributed by atoms with van der Waals surface area (Å²) < 4.78 is 28.7. The summed E-state index contributed by atoms with van der Waals surface area (Å²) in [7, 11) is -0.167. The summed E-state index contributed by atoms with van der Waals surface area (Å²) in [5.41, 5.74) is 0. The molecular weight excluding hydrogens is 302 g/mol. The summed E-state index contributed by atoms with van der Waals surface area (Å²) >= 11 is 0. The number of carbonyl (C=O) groups excluding carboxylic acids is 1. The van der Waals surface area contributed by atoms with E-state index in [1.807, 2.05) is 0 Å². The molecule has 0 aromatic rings. The molecule has 0 aromatic carbocycles. The quantitative estimate of drug-likeness (QED) is 0.165. The zero-order chi connectivity index (χ0) is 16.5. The van der Waals surface area contributed by atoms with Crippen molar-refractivity contribution in [1.82, 2.24) is 0 Å². The molecule has 5 heteroatoms. The van der Waals surface area contributed by atoms with Gasteiger partial charge in [0.25, 0.3) is 0 Å². The van der Waals surface area contributed by atoms with Crippen molar-refractivity contribution in [1.29, 1.82) is 0 Å². The first-order valence-electron chi connectivity index (χ1n) is 8.47. The number of halogens is 2. The van der Waals surface area contributed by atoms with E-state index in [0.717, 1.165) is 25.7 Å². The first kappa shape index (κ1) is 21.3. The Balaban J connectivity index is 3.02. The SMILES string of the molecule is C=CC(=O)OCCCCCCCCCCCCC[Si]C(F)F. The molecule has 0 rings (SSSR count). The van der Waals surface area contributed by atoms with E-state index in [0.29, 0.717) is 12.7 Å². The minimum absolute atomic E-state index is 0.167. The molecule has 0 bridgehead atoms. The van der Waals surface area contributed by atoms with E-state index in [1.165, 1.54) is 51.0 Å². The highest BCUT2D eigenvalue weighted by atomic mass is 28.2. The topological polar surface area (TPSA) is 26.3 Å². The van der Waals surface area contributed by atoms with Crippen molar-refractivity contribution in [2.75, 3.05) is 6.61 Å². The van der Waals surface area contributed by atoms with Gasteiger partial charge < -0.3 is 4.74 Å². The molecule has 0 aromatic heterocycles. The third kappa shape index (κ3) is 17.3. The number of hydrogen-bond donors (Lipinski definition) is 0. The smallest absolute Gasteiger partial charge is 0.330 e. The van der Waals surface area contributed by atoms with Crippen LogP contribution in [-0.4, -0.2) is 28.1 Å². The molecule has 0 amide bonds. The zero-order valence-electron chi connectivity index (χ0n) is 13.6. The highest BCUT2D eigenvalue weighted by Gasteiger charge is 2.02. The Morgan fingerprint density at radius 1 is 0.909 bits per heavy atom. The molecule has 0 saturated carbocycles. The number of hydrogen-bond acceptors (Lipinski definition) is 2. The fourth-order valence-corrected chi connectivity index (χ4v) is 2.93. The number of alkyl halides is 2. The molecular formula is C17H30F2O2Si. The van der Waals surface area contributed by atoms with Gasteiger partial charge in [-0.2, -0.15) is 0 Å². The molecule has 0 heterocycles. The molecule has 0 aliphatic heterocycles. The minimum Gasteiger partial charge on any atom is -0.463 e. The maximum absolute atomic E-state index is 11.9. The van der Waals surface area contributed by atoms with Crippen LogP contribution in [0.1, 0.15) is 70.6 Å². The van der Waals surface area contributed by atoms with Crippen molar-refractivity contribution in [3.8, 4) is 0 Å². The van der Waals surface area contributed by atoms with Crippen molar-refractivity contribution in [2.45, 2.75) is 82.7 Å². The lowest BCUT2D eigenvalue weighted by atomic mass is 10.1. The molecule has 2 nitrogen and oxygen atoms in total. The Hall–Kier alpha value is -0.713. The second kappa shape index (κ2) is 16.7. The Morgan fingerprint density at radius 2 is 1.36 bits per heavy atom. The second-order valence-corrected chi connectivity index (χ2v) is 6.86. The lowest BCUT2D eigenvalue weighted by Crippen LogP contribution is -2.02. The zero-order valence-corrected chi connectivity index (χ0v) is 14.6. The molecule has 128 valence electrons. The van der Waals surface area contributed by atoms with Crippen molar-refractivity contribution in [3.05, 3.63) is 12.7 Å². The summed E-state index contributed by atoms with van der Waals surface area (Å²) in [6.07, 6.45) is 13.9. The van der Waals surface area contributed by atoms with Crippen molar-refractivity contribution < 1.29 is 18.3 Å². The molecule has 0 N–H and O–H groups in total. The lowest BCUT2D eigenvalue weighted by molar-refractivity contribution is -0.137. The van der Waals surface area contributed by atoms with Gasteiger partial charge in [0, 0.05) is 6.08 Å². The molecule has 0 aliphatic carbocycles. The number of rotatable bonds is 16. The molecule has 0 fully saturated rings. The van der Waals surface area contributed by atoms with E-state index in [9.17, 15) is 13.6 Å². The monoisotopic (exact) mass is 332 g/mol. The van der Waals surface area contributed by atoms with E-state index < -0.39 is 6.05 Å². The van der Waals surface area contributed by atoms with Crippen LogP contribution in [0, 0.1) is 0 Å². The first-order valence-corrected chi connectivity index (χ1v) is 9.76. The Morgan fingerprint density at radius 3 is 1.82 bits per heavy atom. The van der Waals surface area contributed by atoms with Gasteiger partial charge in [0.1, 0.15) is 9.52 Å². The lowest BCUT2D eigenvalue weighted by Gasteiger charge is -2.03. The van der Waals surface area contributed by atoms with Gasteiger partial charge in [-0.1, -0.05) is 76.8 Å². The molecule has 0 saturated heterocycles. The van der Waals surface area contributed by atoms with Crippen LogP contribution in [0.4, 0.5) is 8.78 Å². The van der Waals surface area contributed by atoms with Crippen LogP contribution in [-0.2, 0) is 9.53 Å². The van der Waals surface area contributed by atoms with Gasteiger partial charge in [-0.25, -0.2) is 13.6 Å². The van der Waals surface area contributed by atoms with Crippen LogP contribution in [0.25, 0.3) is 0 Å². The predicted molar refractivity (Wildman–Crippen MR) is 88.5 cm³/mol. The minimum atomic E-state index is -2.10. The van der Waals surface area contributed by atoms with Crippen LogP contribution in [0.15, 0.2) is 12.7 Å². The summed E-state index contributed by atoms with van der Waals surface area (Å²) in [6, 6.07) is -1.41. The third-order valence-electron chi connectivity index (χ3n) is 3.53. The fourth-order valence-electron chi connectivity index (χ4n) is 2.26. The Bertz CT molecular complexity index is 273. The van der Waals surface area contributed by atoms with E-state index in [4.69, 9.17) is 4.74 Å². The number of esters is 1. The molecule has 22 heavy (non-hydrogen) atoms. The number of ether oxygens (including phenoxy) is 1. The van der Waals surface area contributed by atoms with Gasteiger partial charge >= 0.3 is 5.97 Å². The molecule has 0 aliphatic rings. The average molecular weight is 333 g/mol. The molecule has 0 unspecified atom stereocenters. The molecule has 0 atom stereocenters. The van der Waals surface area contributed by atoms with Crippen molar-refractivity contribution in [3.63, 3.8) is 0 Å². The fraction of sp³-hybridized carbons (Fsp3) is 0.824. The largest absolute Gasteiger partial charge is 0.463 e. The van der Waals surface area contributed by atoms with Gasteiger partial charge in [-0.05, 0) is 6.42 Å². The Labute approximate surface area is 136 Å². The average Bonchev–Trinajstić information content (AvgIpc) is 2.50. The number of carbonyl (C=O) groups is 1. The third-order valence-corrected chi connectivity index (χ3v) is 4.48. The predicted octanol–water partition coefficient (Wildman–Crippen LogP) is 5.35. The van der Waals surface area contributed by atoms with Crippen LogP contribution >= 0.6 is 0 Å². The Kier molecular flexibility index (Phi) is 16.1. The van der Waals surface area contributed by atoms with Gasteiger partial charge in [0.15, 0.2) is 0 Å². The van der Waals surface area contributed by atoms with E-state index >= 15 is 0 Å². The van der Waals surface area contributed by atoms with Crippen molar-refractivity contribution in [2.24, 2.45) is 0 Å². The van der Waals surface area contributed by atoms with Gasteiger partial charge in [-0.15, -0.1) is 0 Å². The summed E-state index contributed by atoms with van der Waals surface area (Å²) in [6.45, 7) is 3.84. The van der Waals surface area contributed by atoms with E-state index in [1.54, 1.807) is 0 Å². The maximum Gasteiger partial charge on any atom is 0.330 e. The van der Waals surface area contributed by atoms with E-state index in [2.05, 4.69) is 6.58 Å². The first-order chi connectivity index (χ1) is 10.7. The van der Waals surface area contributed by atoms with Gasteiger partial charge in [0.2, 0.25) is 6.05 Å².